The maximum absolute atomic E-state index is 3.65. The van der Waals surface area contributed by atoms with Crippen LogP contribution in [0.4, 0.5) is 5.69 Å². The van der Waals surface area contributed by atoms with Gasteiger partial charge in [0.1, 0.15) is 0 Å². The summed E-state index contributed by atoms with van der Waals surface area (Å²) >= 11 is 0. The molecule has 1 aliphatic heterocycles. The van der Waals surface area contributed by atoms with Crippen molar-refractivity contribution >= 4 is 5.69 Å². The SMILES string of the molecule is CCCNC1CCN(c2ccc(C(C)(C)C)cc2)CC1. The highest BCUT2D eigenvalue weighted by Gasteiger charge is 2.19. The van der Waals surface area contributed by atoms with Crippen molar-refractivity contribution in [3.8, 4) is 0 Å². The molecule has 0 saturated carbocycles. The monoisotopic (exact) mass is 274 g/mol. The van der Waals surface area contributed by atoms with E-state index in [0.717, 1.165) is 12.6 Å². The highest BCUT2D eigenvalue weighted by Crippen LogP contribution is 2.26. The number of anilines is 1. The summed E-state index contributed by atoms with van der Waals surface area (Å²) in [6.45, 7) is 12.6. The summed E-state index contributed by atoms with van der Waals surface area (Å²) < 4.78 is 0. The molecule has 1 N–H and O–H groups in total. The minimum Gasteiger partial charge on any atom is -0.371 e. The molecule has 0 bridgehead atoms. The van der Waals surface area contributed by atoms with E-state index in [1.807, 2.05) is 0 Å². The fourth-order valence-corrected chi connectivity index (χ4v) is 2.86. The molecule has 1 heterocycles. The second-order valence-electron chi connectivity index (χ2n) is 7.01. The lowest BCUT2D eigenvalue weighted by molar-refractivity contribution is 0.416. The third-order valence-corrected chi connectivity index (χ3v) is 4.28. The highest BCUT2D eigenvalue weighted by atomic mass is 15.1. The minimum atomic E-state index is 0.246. The van der Waals surface area contributed by atoms with Gasteiger partial charge in [-0.15, -0.1) is 0 Å². The summed E-state index contributed by atoms with van der Waals surface area (Å²) in [5.41, 5.74) is 3.04. The van der Waals surface area contributed by atoms with Gasteiger partial charge in [-0.3, -0.25) is 0 Å². The Morgan fingerprint density at radius 2 is 1.70 bits per heavy atom. The maximum Gasteiger partial charge on any atom is 0.0366 e. The van der Waals surface area contributed by atoms with Crippen LogP contribution in [-0.2, 0) is 5.41 Å². The van der Waals surface area contributed by atoms with E-state index in [0.29, 0.717) is 0 Å². The molecule has 0 amide bonds. The molecule has 1 fully saturated rings. The van der Waals surface area contributed by atoms with Crippen LogP contribution in [0, 0.1) is 0 Å². The highest BCUT2D eigenvalue weighted by molar-refractivity contribution is 5.49. The Bertz CT molecular complexity index is 394. The van der Waals surface area contributed by atoms with Crippen LogP contribution in [0.1, 0.15) is 52.5 Å². The first-order valence-corrected chi connectivity index (χ1v) is 8.09. The number of benzene rings is 1. The molecule has 1 aromatic rings. The van der Waals surface area contributed by atoms with Crippen molar-refractivity contribution in [1.82, 2.24) is 5.32 Å². The van der Waals surface area contributed by atoms with Gasteiger partial charge in [0.05, 0.1) is 0 Å². The summed E-state index contributed by atoms with van der Waals surface area (Å²) in [6.07, 6.45) is 3.76. The first-order valence-electron chi connectivity index (χ1n) is 8.09. The van der Waals surface area contributed by atoms with Gasteiger partial charge in [-0.25, -0.2) is 0 Å². The first kappa shape index (κ1) is 15.4. The van der Waals surface area contributed by atoms with Crippen molar-refractivity contribution in [2.75, 3.05) is 24.5 Å². The Labute approximate surface area is 124 Å². The average Bonchev–Trinajstić information content (AvgIpc) is 2.45. The van der Waals surface area contributed by atoms with E-state index >= 15 is 0 Å². The third-order valence-electron chi connectivity index (χ3n) is 4.28. The van der Waals surface area contributed by atoms with Crippen molar-refractivity contribution in [3.05, 3.63) is 29.8 Å². The molecule has 2 heteroatoms. The zero-order valence-corrected chi connectivity index (χ0v) is 13.6. The topological polar surface area (TPSA) is 15.3 Å². The van der Waals surface area contributed by atoms with E-state index in [4.69, 9.17) is 0 Å². The van der Waals surface area contributed by atoms with Gasteiger partial charge >= 0.3 is 0 Å². The molecule has 0 radical (unpaired) electrons. The lowest BCUT2D eigenvalue weighted by Crippen LogP contribution is -2.42. The Morgan fingerprint density at radius 1 is 1.10 bits per heavy atom. The summed E-state index contributed by atoms with van der Waals surface area (Å²) in [5, 5.41) is 3.65. The fraction of sp³-hybridized carbons (Fsp3) is 0.667. The van der Waals surface area contributed by atoms with Crippen molar-refractivity contribution in [2.45, 2.75) is 58.4 Å². The van der Waals surface area contributed by atoms with Crippen LogP contribution < -0.4 is 10.2 Å². The molecule has 1 aromatic carbocycles. The van der Waals surface area contributed by atoms with Crippen LogP contribution in [0.15, 0.2) is 24.3 Å². The van der Waals surface area contributed by atoms with E-state index in [9.17, 15) is 0 Å². The predicted octanol–water partition coefficient (Wildman–Crippen LogP) is 3.95. The van der Waals surface area contributed by atoms with Crippen molar-refractivity contribution < 1.29 is 0 Å². The van der Waals surface area contributed by atoms with Crippen LogP contribution in [0.2, 0.25) is 0 Å². The second kappa shape index (κ2) is 6.62. The van der Waals surface area contributed by atoms with Gasteiger partial charge in [-0.1, -0.05) is 39.8 Å². The van der Waals surface area contributed by atoms with Crippen molar-refractivity contribution in [2.24, 2.45) is 0 Å². The number of rotatable bonds is 4. The number of piperidine rings is 1. The molecule has 112 valence electrons. The van der Waals surface area contributed by atoms with Crippen molar-refractivity contribution in [1.29, 1.82) is 0 Å². The van der Waals surface area contributed by atoms with E-state index in [1.54, 1.807) is 0 Å². The molecule has 0 atom stereocenters. The summed E-state index contributed by atoms with van der Waals surface area (Å²) in [7, 11) is 0. The molecular weight excluding hydrogens is 244 g/mol. The number of hydrogen-bond donors (Lipinski definition) is 1. The van der Waals surface area contributed by atoms with Crippen LogP contribution >= 0.6 is 0 Å². The standard InChI is InChI=1S/C18H30N2/c1-5-12-19-16-10-13-20(14-11-16)17-8-6-15(7-9-17)18(2,3)4/h6-9,16,19H,5,10-14H2,1-4H3. The Kier molecular flexibility index (Phi) is 5.09. The van der Waals surface area contributed by atoms with E-state index in [1.165, 1.54) is 43.6 Å². The fourth-order valence-electron chi connectivity index (χ4n) is 2.86. The minimum absolute atomic E-state index is 0.246. The Hall–Kier alpha value is -1.02. The summed E-state index contributed by atoms with van der Waals surface area (Å²) in [4.78, 5) is 2.52. The summed E-state index contributed by atoms with van der Waals surface area (Å²) in [6, 6.07) is 9.88. The number of nitrogens with zero attached hydrogens (tertiary/aromatic N) is 1. The largest absolute Gasteiger partial charge is 0.371 e. The second-order valence-corrected chi connectivity index (χ2v) is 7.01. The van der Waals surface area contributed by atoms with Gasteiger partial charge in [0.15, 0.2) is 0 Å². The lowest BCUT2D eigenvalue weighted by Gasteiger charge is -2.34. The molecule has 20 heavy (non-hydrogen) atoms. The molecule has 0 unspecified atom stereocenters. The first-order chi connectivity index (χ1) is 9.50. The quantitative estimate of drug-likeness (QED) is 0.894. The summed E-state index contributed by atoms with van der Waals surface area (Å²) in [5.74, 6) is 0. The third kappa shape index (κ3) is 3.99. The predicted molar refractivity (Wildman–Crippen MR) is 88.7 cm³/mol. The van der Waals surface area contributed by atoms with Crippen LogP contribution in [0.25, 0.3) is 0 Å². The zero-order chi connectivity index (χ0) is 14.6. The van der Waals surface area contributed by atoms with Crippen molar-refractivity contribution in [3.63, 3.8) is 0 Å². The lowest BCUT2D eigenvalue weighted by atomic mass is 9.87. The van der Waals surface area contributed by atoms with Crippen LogP contribution in [0.3, 0.4) is 0 Å². The zero-order valence-electron chi connectivity index (χ0n) is 13.6. The molecule has 2 rings (SSSR count). The van der Waals surface area contributed by atoms with Gasteiger partial charge in [0.25, 0.3) is 0 Å². The molecule has 2 nitrogen and oxygen atoms in total. The molecule has 0 spiro atoms. The number of nitrogens with one attached hydrogen (secondary N) is 1. The average molecular weight is 274 g/mol. The Balaban J connectivity index is 1.90. The van der Waals surface area contributed by atoms with Gasteiger partial charge in [0, 0.05) is 24.8 Å². The molecular formula is C18H30N2. The smallest absolute Gasteiger partial charge is 0.0366 e. The molecule has 1 saturated heterocycles. The molecule has 1 aliphatic rings. The van der Waals surface area contributed by atoms with Gasteiger partial charge in [0.2, 0.25) is 0 Å². The number of hydrogen-bond acceptors (Lipinski definition) is 2. The molecule has 0 aromatic heterocycles. The van der Waals surface area contributed by atoms with E-state index < -0.39 is 0 Å². The van der Waals surface area contributed by atoms with E-state index in [-0.39, 0.29) is 5.41 Å². The maximum atomic E-state index is 3.65. The van der Waals surface area contributed by atoms with Crippen LogP contribution in [0.5, 0.6) is 0 Å². The van der Waals surface area contributed by atoms with Gasteiger partial charge < -0.3 is 10.2 Å². The van der Waals surface area contributed by atoms with Crippen LogP contribution in [-0.4, -0.2) is 25.7 Å². The van der Waals surface area contributed by atoms with E-state index in [2.05, 4.69) is 62.2 Å². The Morgan fingerprint density at radius 3 is 2.20 bits per heavy atom. The normalized spacial score (nSPS) is 17.5. The molecule has 0 aliphatic carbocycles. The van der Waals surface area contributed by atoms with Gasteiger partial charge in [-0.2, -0.15) is 0 Å². The van der Waals surface area contributed by atoms with Gasteiger partial charge in [-0.05, 0) is 48.9 Å².